The Bertz CT molecular complexity index is 668. The standard InChI is InChI=1S/C16H16N2O/c1-11(17)10-12-6-2-3-7-13(12)16-18-14-8-4-5-9-15(14)19-16/h2-9,11H,10,17H2,1H3. The van der Waals surface area contributed by atoms with Crippen LogP contribution in [0.1, 0.15) is 12.5 Å². The van der Waals surface area contributed by atoms with Crippen molar-refractivity contribution in [3.05, 3.63) is 54.1 Å². The molecule has 0 saturated carbocycles. The SMILES string of the molecule is CC(N)Cc1ccccc1-c1nc2ccccc2o1. The molecule has 96 valence electrons. The zero-order valence-corrected chi connectivity index (χ0v) is 10.8. The molecule has 2 aromatic carbocycles. The minimum Gasteiger partial charge on any atom is -0.436 e. The zero-order chi connectivity index (χ0) is 13.2. The average Bonchev–Trinajstić information content (AvgIpc) is 2.82. The van der Waals surface area contributed by atoms with Crippen molar-refractivity contribution < 1.29 is 4.42 Å². The van der Waals surface area contributed by atoms with Crippen LogP contribution in [0.3, 0.4) is 0 Å². The summed E-state index contributed by atoms with van der Waals surface area (Å²) in [6.07, 6.45) is 0.814. The number of nitrogens with zero attached hydrogens (tertiary/aromatic N) is 1. The van der Waals surface area contributed by atoms with E-state index in [9.17, 15) is 0 Å². The second-order valence-electron chi connectivity index (χ2n) is 4.83. The fraction of sp³-hybridized carbons (Fsp3) is 0.188. The number of oxazole rings is 1. The van der Waals surface area contributed by atoms with Gasteiger partial charge in [0.2, 0.25) is 5.89 Å². The molecule has 19 heavy (non-hydrogen) atoms. The average molecular weight is 252 g/mol. The first-order valence-corrected chi connectivity index (χ1v) is 6.43. The first-order chi connectivity index (χ1) is 9.24. The molecule has 0 bridgehead atoms. The highest BCUT2D eigenvalue weighted by atomic mass is 16.3. The van der Waals surface area contributed by atoms with Crippen LogP contribution in [0.2, 0.25) is 0 Å². The molecule has 3 rings (SSSR count). The summed E-state index contributed by atoms with van der Waals surface area (Å²) >= 11 is 0. The Morgan fingerprint density at radius 3 is 2.63 bits per heavy atom. The van der Waals surface area contributed by atoms with E-state index in [2.05, 4.69) is 11.1 Å². The Balaban J connectivity index is 2.10. The largest absolute Gasteiger partial charge is 0.436 e. The van der Waals surface area contributed by atoms with E-state index in [0.29, 0.717) is 5.89 Å². The third-order valence-electron chi connectivity index (χ3n) is 3.08. The summed E-state index contributed by atoms with van der Waals surface area (Å²) in [5.41, 5.74) is 9.79. The highest BCUT2D eigenvalue weighted by Crippen LogP contribution is 2.27. The van der Waals surface area contributed by atoms with Gasteiger partial charge in [0.05, 0.1) is 0 Å². The lowest BCUT2D eigenvalue weighted by atomic mass is 10.0. The van der Waals surface area contributed by atoms with E-state index in [1.165, 1.54) is 5.56 Å². The van der Waals surface area contributed by atoms with Gasteiger partial charge in [-0.1, -0.05) is 30.3 Å². The van der Waals surface area contributed by atoms with Gasteiger partial charge in [0, 0.05) is 11.6 Å². The summed E-state index contributed by atoms with van der Waals surface area (Å²) in [5.74, 6) is 0.664. The van der Waals surface area contributed by atoms with Crippen LogP contribution in [0.4, 0.5) is 0 Å². The first kappa shape index (κ1) is 11.9. The highest BCUT2D eigenvalue weighted by Gasteiger charge is 2.12. The van der Waals surface area contributed by atoms with Crippen LogP contribution in [0, 0.1) is 0 Å². The van der Waals surface area contributed by atoms with Crippen LogP contribution in [-0.2, 0) is 6.42 Å². The summed E-state index contributed by atoms with van der Waals surface area (Å²) < 4.78 is 5.82. The van der Waals surface area contributed by atoms with E-state index < -0.39 is 0 Å². The van der Waals surface area contributed by atoms with Gasteiger partial charge in [0.15, 0.2) is 5.58 Å². The van der Waals surface area contributed by atoms with Gasteiger partial charge >= 0.3 is 0 Å². The second kappa shape index (κ2) is 4.86. The Kier molecular flexibility index (Phi) is 3.05. The molecule has 3 heteroatoms. The molecular formula is C16H16N2O. The molecule has 3 nitrogen and oxygen atoms in total. The third-order valence-corrected chi connectivity index (χ3v) is 3.08. The van der Waals surface area contributed by atoms with Crippen molar-refractivity contribution in [1.82, 2.24) is 4.98 Å². The smallest absolute Gasteiger partial charge is 0.227 e. The summed E-state index contributed by atoms with van der Waals surface area (Å²) in [6, 6.07) is 16.0. The van der Waals surface area contributed by atoms with E-state index in [4.69, 9.17) is 10.2 Å². The van der Waals surface area contributed by atoms with Crippen LogP contribution in [0.25, 0.3) is 22.6 Å². The number of rotatable bonds is 3. The first-order valence-electron chi connectivity index (χ1n) is 6.43. The van der Waals surface area contributed by atoms with E-state index >= 15 is 0 Å². The maximum atomic E-state index is 5.90. The molecule has 1 atom stereocenters. The number of benzene rings is 2. The summed E-state index contributed by atoms with van der Waals surface area (Å²) in [4.78, 5) is 4.54. The molecule has 3 aromatic rings. The lowest BCUT2D eigenvalue weighted by Crippen LogP contribution is -2.18. The normalized spacial score (nSPS) is 12.7. The summed E-state index contributed by atoms with van der Waals surface area (Å²) in [6.45, 7) is 2.00. The Morgan fingerprint density at radius 1 is 1.11 bits per heavy atom. The van der Waals surface area contributed by atoms with Crippen LogP contribution in [-0.4, -0.2) is 11.0 Å². The molecule has 1 heterocycles. The molecule has 1 aromatic heterocycles. The van der Waals surface area contributed by atoms with E-state index in [-0.39, 0.29) is 6.04 Å². The topological polar surface area (TPSA) is 52.0 Å². The van der Waals surface area contributed by atoms with Crippen LogP contribution in [0.5, 0.6) is 0 Å². The minimum absolute atomic E-state index is 0.116. The number of para-hydroxylation sites is 2. The van der Waals surface area contributed by atoms with Crippen molar-refractivity contribution in [2.75, 3.05) is 0 Å². The number of aromatic nitrogens is 1. The molecule has 1 unspecified atom stereocenters. The maximum absolute atomic E-state index is 5.90. The fourth-order valence-electron chi connectivity index (χ4n) is 2.24. The van der Waals surface area contributed by atoms with Crippen molar-refractivity contribution in [2.45, 2.75) is 19.4 Å². The summed E-state index contributed by atoms with van der Waals surface area (Å²) in [7, 11) is 0. The quantitative estimate of drug-likeness (QED) is 0.777. The predicted molar refractivity (Wildman–Crippen MR) is 76.8 cm³/mol. The molecular weight excluding hydrogens is 236 g/mol. The van der Waals surface area contributed by atoms with E-state index in [0.717, 1.165) is 23.1 Å². The molecule has 0 aliphatic heterocycles. The molecule has 2 N–H and O–H groups in total. The minimum atomic E-state index is 0.116. The molecule has 0 spiro atoms. The van der Waals surface area contributed by atoms with Crippen molar-refractivity contribution in [3.8, 4) is 11.5 Å². The monoisotopic (exact) mass is 252 g/mol. The molecule has 0 aliphatic carbocycles. The van der Waals surface area contributed by atoms with Gasteiger partial charge in [-0.05, 0) is 37.1 Å². The number of hydrogen-bond donors (Lipinski definition) is 1. The molecule has 0 amide bonds. The van der Waals surface area contributed by atoms with Crippen molar-refractivity contribution in [2.24, 2.45) is 5.73 Å². The highest BCUT2D eigenvalue weighted by molar-refractivity contribution is 5.76. The van der Waals surface area contributed by atoms with Gasteiger partial charge in [0.25, 0.3) is 0 Å². The van der Waals surface area contributed by atoms with Gasteiger partial charge in [-0.2, -0.15) is 0 Å². The molecule has 0 radical (unpaired) electrons. The van der Waals surface area contributed by atoms with Crippen LogP contribution >= 0.6 is 0 Å². The van der Waals surface area contributed by atoms with Crippen LogP contribution < -0.4 is 5.73 Å². The number of fused-ring (bicyclic) bond motifs is 1. The molecule has 0 fully saturated rings. The van der Waals surface area contributed by atoms with E-state index in [1.807, 2.05) is 49.4 Å². The number of hydrogen-bond acceptors (Lipinski definition) is 3. The van der Waals surface area contributed by atoms with E-state index in [1.54, 1.807) is 0 Å². The van der Waals surface area contributed by atoms with Gasteiger partial charge < -0.3 is 10.2 Å². The lowest BCUT2D eigenvalue weighted by molar-refractivity contribution is 0.617. The number of nitrogens with two attached hydrogens (primary N) is 1. The second-order valence-corrected chi connectivity index (χ2v) is 4.83. The zero-order valence-electron chi connectivity index (χ0n) is 10.8. The van der Waals surface area contributed by atoms with Crippen molar-refractivity contribution >= 4 is 11.1 Å². The van der Waals surface area contributed by atoms with Gasteiger partial charge in [-0.3, -0.25) is 0 Å². The van der Waals surface area contributed by atoms with Gasteiger partial charge in [0.1, 0.15) is 5.52 Å². The molecule has 0 saturated heterocycles. The summed E-state index contributed by atoms with van der Waals surface area (Å²) in [5, 5.41) is 0. The van der Waals surface area contributed by atoms with Gasteiger partial charge in [-0.25, -0.2) is 4.98 Å². The lowest BCUT2D eigenvalue weighted by Gasteiger charge is -2.08. The predicted octanol–water partition coefficient (Wildman–Crippen LogP) is 3.38. The fourth-order valence-corrected chi connectivity index (χ4v) is 2.24. The van der Waals surface area contributed by atoms with Gasteiger partial charge in [-0.15, -0.1) is 0 Å². The maximum Gasteiger partial charge on any atom is 0.227 e. The van der Waals surface area contributed by atoms with Crippen molar-refractivity contribution in [1.29, 1.82) is 0 Å². The van der Waals surface area contributed by atoms with Crippen molar-refractivity contribution in [3.63, 3.8) is 0 Å². The van der Waals surface area contributed by atoms with Crippen LogP contribution in [0.15, 0.2) is 52.9 Å². The molecule has 0 aliphatic rings. The Morgan fingerprint density at radius 2 is 1.84 bits per heavy atom. The Hall–Kier alpha value is -2.13. The Labute approximate surface area is 112 Å². The third kappa shape index (κ3) is 2.37.